The van der Waals surface area contributed by atoms with Crippen LogP contribution in [0.15, 0.2) is 72.8 Å². The molecule has 0 aliphatic carbocycles. The molecule has 1 aliphatic rings. The van der Waals surface area contributed by atoms with Crippen LogP contribution < -0.4 is 19.7 Å². The summed E-state index contributed by atoms with van der Waals surface area (Å²) in [5, 5.41) is 11.5. The molecule has 1 heterocycles. The van der Waals surface area contributed by atoms with E-state index in [2.05, 4.69) is 5.32 Å². The van der Waals surface area contributed by atoms with Gasteiger partial charge in [0.2, 0.25) is 6.23 Å². The van der Waals surface area contributed by atoms with Gasteiger partial charge >= 0.3 is 18.4 Å². The number of carbonyl (C=O) groups is 1. The van der Waals surface area contributed by atoms with E-state index in [1.54, 1.807) is 30.3 Å². The fourth-order valence-corrected chi connectivity index (χ4v) is 3.81. The number of benzene rings is 3. The summed E-state index contributed by atoms with van der Waals surface area (Å²) in [6.45, 7) is -0.757. The van der Waals surface area contributed by atoms with E-state index in [1.165, 1.54) is 30.3 Å². The average molecular weight is 551 g/mol. The van der Waals surface area contributed by atoms with Crippen LogP contribution in [-0.2, 0) is 10.9 Å². The Bertz CT molecular complexity index is 1340. The minimum atomic E-state index is -4.93. The topological polar surface area (TPSA) is 83.8 Å². The third kappa shape index (κ3) is 6.91. The fraction of sp³-hybridized carbons (Fsp3) is 0.231. The fourth-order valence-electron chi connectivity index (χ4n) is 3.81. The van der Waals surface area contributed by atoms with Crippen LogP contribution >= 0.6 is 0 Å². The molecular weight excluding hydrogens is 532 g/mol. The third-order valence-corrected chi connectivity index (χ3v) is 5.54. The molecule has 2 atom stereocenters. The first-order chi connectivity index (χ1) is 18.4. The van der Waals surface area contributed by atoms with Gasteiger partial charge in [-0.05, 0) is 54.6 Å². The molecule has 4 rings (SSSR count). The van der Waals surface area contributed by atoms with Crippen molar-refractivity contribution in [2.75, 3.05) is 23.4 Å². The van der Waals surface area contributed by atoms with Crippen molar-refractivity contribution in [2.24, 2.45) is 0 Å². The van der Waals surface area contributed by atoms with Gasteiger partial charge in [-0.15, -0.1) is 0 Å². The number of para-hydroxylation sites is 1. The lowest BCUT2D eigenvalue weighted by Gasteiger charge is -2.27. The molecule has 0 bridgehead atoms. The van der Waals surface area contributed by atoms with Crippen LogP contribution in [0.1, 0.15) is 11.1 Å². The standard InChI is InChI=1S/C26H19F6N3O4/c27-25(28,29)22-12-18(9-6-16(22)13-33)35-14-21(38-23(35)26(30,31)32)15-37-19-10-7-17(8-11-19)34-24(36)39-20-4-2-1-3-5-20/h1-12,21,23H,14-15H2,(H,34,36)/t21-,23+/m0/s1. The lowest BCUT2D eigenvalue weighted by molar-refractivity contribution is -0.215. The number of ether oxygens (including phenoxy) is 3. The second-order valence-electron chi connectivity index (χ2n) is 8.31. The van der Waals surface area contributed by atoms with Gasteiger partial charge in [0.1, 0.15) is 24.2 Å². The minimum Gasteiger partial charge on any atom is -0.491 e. The first-order valence-electron chi connectivity index (χ1n) is 11.3. The van der Waals surface area contributed by atoms with Crippen LogP contribution in [-0.4, -0.2) is 37.8 Å². The number of nitriles is 1. The maximum Gasteiger partial charge on any atom is 0.433 e. The molecule has 0 unspecified atom stereocenters. The first-order valence-corrected chi connectivity index (χ1v) is 11.3. The molecule has 1 aliphatic heterocycles. The van der Waals surface area contributed by atoms with Crippen LogP contribution in [0.2, 0.25) is 0 Å². The molecule has 1 fully saturated rings. The summed E-state index contributed by atoms with van der Waals surface area (Å²) in [6.07, 6.45) is -14.2. The highest BCUT2D eigenvalue weighted by atomic mass is 19.4. The Labute approximate surface area is 218 Å². The van der Waals surface area contributed by atoms with Crippen LogP contribution in [0.3, 0.4) is 0 Å². The Morgan fingerprint density at radius 1 is 1.00 bits per heavy atom. The van der Waals surface area contributed by atoms with E-state index in [-0.39, 0.29) is 12.4 Å². The monoisotopic (exact) mass is 551 g/mol. The molecule has 3 aromatic rings. The van der Waals surface area contributed by atoms with Gasteiger partial charge in [-0.3, -0.25) is 5.32 Å². The van der Waals surface area contributed by atoms with E-state index in [1.807, 2.05) is 0 Å². The molecule has 39 heavy (non-hydrogen) atoms. The summed E-state index contributed by atoms with van der Waals surface area (Å²) in [4.78, 5) is 12.6. The Kier molecular flexibility index (Phi) is 7.87. The summed E-state index contributed by atoms with van der Waals surface area (Å²) in [5.41, 5.74) is -2.08. The Balaban J connectivity index is 1.39. The van der Waals surface area contributed by atoms with Gasteiger partial charge in [-0.1, -0.05) is 18.2 Å². The number of carbonyl (C=O) groups excluding carboxylic acids is 1. The molecular formula is C26H19F6N3O4. The Morgan fingerprint density at radius 3 is 2.31 bits per heavy atom. The number of alkyl halides is 6. The Hall–Kier alpha value is -4.44. The van der Waals surface area contributed by atoms with Crippen molar-refractivity contribution >= 4 is 17.5 Å². The van der Waals surface area contributed by atoms with Crippen molar-refractivity contribution in [3.05, 3.63) is 83.9 Å². The third-order valence-electron chi connectivity index (χ3n) is 5.54. The lowest BCUT2D eigenvalue weighted by atomic mass is 10.1. The predicted molar refractivity (Wildman–Crippen MR) is 126 cm³/mol. The van der Waals surface area contributed by atoms with Crippen molar-refractivity contribution in [2.45, 2.75) is 24.7 Å². The van der Waals surface area contributed by atoms with Crippen molar-refractivity contribution < 1.29 is 45.3 Å². The second kappa shape index (κ2) is 11.1. The summed E-state index contributed by atoms with van der Waals surface area (Å²) >= 11 is 0. The zero-order valence-corrected chi connectivity index (χ0v) is 19.8. The van der Waals surface area contributed by atoms with E-state index < -0.39 is 54.1 Å². The molecule has 1 N–H and O–H groups in total. The number of hydrogen-bond donors (Lipinski definition) is 1. The largest absolute Gasteiger partial charge is 0.491 e. The van der Waals surface area contributed by atoms with E-state index in [0.717, 1.165) is 12.1 Å². The number of hydrogen-bond acceptors (Lipinski definition) is 6. The molecule has 0 aromatic heterocycles. The molecule has 3 aromatic carbocycles. The van der Waals surface area contributed by atoms with Crippen LogP contribution in [0.25, 0.3) is 0 Å². The number of anilines is 2. The summed E-state index contributed by atoms with van der Waals surface area (Å²) < 4.78 is 96.8. The SMILES string of the molecule is N#Cc1ccc(N2C[C@@H](COc3ccc(NC(=O)Oc4ccccc4)cc3)O[C@@H]2C(F)(F)F)cc1C(F)(F)F. The highest BCUT2D eigenvalue weighted by Crippen LogP contribution is 2.39. The van der Waals surface area contributed by atoms with Crippen LogP contribution in [0.4, 0.5) is 42.5 Å². The van der Waals surface area contributed by atoms with Gasteiger partial charge in [0.25, 0.3) is 0 Å². The minimum absolute atomic E-state index is 0.250. The van der Waals surface area contributed by atoms with Gasteiger partial charge in [0.05, 0.1) is 23.7 Å². The summed E-state index contributed by atoms with van der Waals surface area (Å²) in [7, 11) is 0. The first kappa shape index (κ1) is 27.6. The van der Waals surface area contributed by atoms with E-state index in [0.29, 0.717) is 22.4 Å². The number of halogens is 6. The highest BCUT2D eigenvalue weighted by molar-refractivity contribution is 5.86. The normalized spacial score (nSPS) is 17.4. The quantitative estimate of drug-likeness (QED) is 0.359. The number of rotatable bonds is 6. The van der Waals surface area contributed by atoms with Crippen molar-refractivity contribution in [1.29, 1.82) is 5.26 Å². The molecule has 1 saturated heterocycles. The summed E-state index contributed by atoms with van der Waals surface area (Å²) in [5.74, 6) is 0.591. The predicted octanol–water partition coefficient (Wildman–Crippen LogP) is 6.36. The van der Waals surface area contributed by atoms with E-state index >= 15 is 0 Å². The molecule has 7 nitrogen and oxygen atoms in total. The molecule has 0 saturated carbocycles. The maximum absolute atomic E-state index is 13.7. The van der Waals surface area contributed by atoms with Crippen LogP contribution in [0, 0.1) is 11.3 Å². The molecule has 13 heteroatoms. The Morgan fingerprint density at radius 2 is 1.69 bits per heavy atom. The highest BCUT2D eigenvalue weighted by Gasteiger charge is 2.51. The second-order valence-corrected chi connectivity index (χ2v) is 8.31. The van der Waals surface area contributed by atoms with Gasteiger partial charge in [-0.25, -0.2) is 4.79 Å². The smallest absolute Gasteiger partial charge is 0.433 e. The lowest BCUT2D eigenvalue weighted by Crippen LogP contribution is -2.42. The van der Waals surface area contributed by atoms with Crippen molar-refractivity contribution in [3.8, 4) is 17.6 Å². The van der Waals surface area contributed by atoms with E-state index in [9.17, 15) is 31.1 Å². The zero-order valence-electron chi connectivity index (χ0n) is 19.8. The van der Waals surface area contributed by atoms with Crippen molar-refractivity contribution in [1.82, 2.24) is 0 Å². The molecule has 0 spiro atoms. The molecule has 204 valence electrons. The van der Waals surface area contributed by atoms with Gasteiger partial charge < -0.3 is 19.1 Å². The summed E-state index contributed by atoms with van der Waals surface area (Å²) in [6, 6.07) is 18.0. The van der Waals surface area contributed by atoms with Gasteiger partial charge in [0.15, 0.2) is 0 Å². The van der Waals surface area contributed by atoms with Gasteiger partial charge in [0, 0.05) is 11.4 Å². The number of nitrogens with one attached hydrogen (secondary N) is 1. The average Bonchev–Trinajstić information content (AvgIpc) is 3.33. The number of amides is 1. The number of nitrogens with zero attached hydrogens (tertiary/aromatic N) is 2. The van der Waals surface area contributed by atoms with E-state index in [4.69, 9.17) is 19.5 Å². The van der Waals surface area contributed by atoms with Gasteiger partial charge in [-0.2, -0.15) is 31.6 Å². The molecule has 0 radical (unpaired) electrons. The zero-order chi connectivity index (χ0) is 28.2. The van der Waals surface area contributed by atoms with Crippen molar-refractivity contribution in [3.63, 3.8) is 0 Å². The molecule has 1 amide bonds. The van der Waals surface area contributed by atoms with Crippen LogP contribution in [0.5, 0.6) is 11.5 Å². The maximum atomic E-state index is 13.7.